The first-order chi connectivity index (χ1) is 10.7. The summed E-state index contributed by atoms with van der Waals surface area (Å²) < 4.78 is 0. The topological polar surface area (TPSA) is 36.4 Å². The van der Waals surface area contributed by atoms with Gasteiger partial charge in [-0.3, -0.25) is 9.78 Å². The Morgan fingerprint density at radius 3 is 2.64 bits per heavy atom. The minimum atomic E-state index is 0.0900. The number of rotatable bonds is 3. The van der Waals surface area contributed by atoms with Gasteiger partial charge in [0.2, 0.25) is 0 Å². The fraction of sp³-hybridized carbons (Fsp3) is 0.667. The summed E-state index contributed by atoms with van der Waals surface area (Å²) in [6, 6.07) is 4.18. The van der Waals surface area contributed by atoms with Gasteiger partial charge in [-0.25, -0.2) is 0 Å². The lowest BCUT2D eigenvalue weighted by Gasteiger charge is -2.41. The summed E-state index contributed by atoms with van der Waals surface area (Å²) in [4.78, 5) is 21.7. The summed E-state index contributed by atoms with van der Waals surface area (Å²) in [7, 11) is 2.18. The maximum atomic E-state index is 13.1. The van der Waals surface area contributed by atoms with Crippen molar-refractivity contribution in [1.29, 1.82) is 0 Å². The van der Waals surface area contributed by atoms with Crippen molar-refractivity contribution in [3.63, 3.8) is 0 Å². The van der Waals surface area contributed by atoms with Crippen LogP contribution in [0, 0.1) is 0 Å². The Hall–Kier alpha value is -1.42. The summed E-state index contributed by atoms with van der Waals surface area (Å²) in [5, 5.41) is 0. The summed E-state index contributed by atoms with van der Waals surface area (Å²) in [5.74, 6) is 0.191. The smallest absolute Gasteiger partial charge is 0.254 e. The molecular weight excluding hydrogens is 274 g/mol. The second kappa shape index (κ2) is 6.37. The Kier molecular flexibility index (Phi) is 4.48. The number of likely N-dealkylation sites (tertiary alicyclic amines) is 1. The highest BCUT2D eigenvalue weighted by molar-refractivity contribution is 5.94. The van der Waals surface area contributed by atoms with Gasteiger partial charge in [0, 0.05) is 36.1 Å². The number of amides is 1. The Bertz CT molecular complexity index is 510. The van der Waals surface area contributed by atoms with Crippen LogP contribution in [0.2, 0.25) is 0 Å². The van der Waals surface area contributed by atoms with Gasteiger partial charge in [-0.1, -0.05) is 26.2 Å². The number of hydrogen-bond acceptors (Lipinski definition) is 3. The molecule has 1 atom stereocenters. The van der Waals surface area contributed by atoms with Crippen LogP contribution in [0.15, 0.2) is 24.5 Å². The van der Waals surface area contributed by atoms with E-state index in [1.54, 1.807) is 12.4 Å². The normalized spacial score (nSPS) is 24.1. The fourth-order valence-electron chi connectivity index (χ4n) is 4.20. The summed E-state index contributed by atoms with van der Waals surface area (Å²) in [6.45, 7) is 4.10. The van der Waals surface area contributed by atoms with Crippen molar-refractivity contribution in [3.8, 4) is 0 Å². The van der Waals surface area contributed by atoms with E-state index in [4.69, 9.17) is 0 Å². The molecule has 22 heavy (non-hydrogen) atoms. The quantitative estimate of drug-likeness (QED) is 0.861. The second-order valence-electron chi connectivity index (χ2n) is 6.87. The zero-order valence-corrected chi connectivity index (χ0v) is 13.8. The van der Waals surface area contributed by atoms with E-state index in [2.05, 4.69) is 28.8 Å². The molecule has 2 fully saturated rings. The van der Waals surface area contributed by atoms with Crippen LogP contribution in [-0.4, -0.2) is 52.4 Å². The molecular formula is C18H27N3O. The number of hydrogen-bond donors (Lipinski definition) is 0. The maximum absolute atomic E-state index is 13.1. The van der Waals surface area contributed by atoms with E-state index >= 15 is 0 Å². The molecule has 0 radical (unpaired) electrons. The fourth-order valence-corrected chi connectivity index (χ4v) is 4.20. The van der Waals surface area contributed by atoms with Gasteiger partial charge in [0.05, 0.1) is 0 Å². The number of carbonyl (C=O) groups is 1. The van der Waals surface area contributed by atoms with Crippen LogP contribution in [0.4, 0.5) is 0 Å². The summed E-state index contributed by atoms with van der Waals surface area (Å²) in [5.41, 5.74) is 0.868. The van der Waals surface area contributed by atoms with Crippen molar-refractivity contribution in [2.75, 3.05) is 20.1 Å². The third-order valence-corrected chi connectivity index (χ3v) is 5.66. The highest BCUT2D eigenvalue weighted by Gasteiger charge is 2.48. The second-order valence-corrected chi connectivity index (χ2v) is 6.87. The largest absolute Gasteiger partial charge is 0.331 e. The molecule has 1 spiro atoms. The molecule has 3 rings (SSSR count). The first-order valence-corrected chi connectivity index (χ1v) is 8.58. The van der Waals surface area contributed by atoms with Crippen LogP contribution >= 0.6 is 0 Å². The Morgan fingerprint density at radius 2 is 2.00 bits per heavy atom. The summed E-state index contributed by atoms with van der Waals surface area (Å²) >= 11 is 0. The Balaban J connectivity index is 1.87. The Labute approximate surface area is 133 Å². The van der Waals surface area contributed by atoms with Gasteiger partial charge in [-0.05, 0) is 45.0 Å². The first kappa shape index (κ1) is 15.5. The number of carbonyl (C=O) groups excluding carboxylic acids is 1. The molecule has 1 saturated carbocycles. The predicted molar refractivity (Wildman–Crippen MR) is 87.8 cm³/mol. The average molecular weight is 301 g/mol. The van der Waals surface area contributed by atoms with Crippen molar-refractivity contribution in [3.05, 3.63) is 30.1 Å². The average Bonchev–Trinajstić information content (AvgIpc) is 2.93. The number of nitrogens with zero attached hydrogens (tertiary/aromatic N) is 3. The van der Waals surface area contributed by atoms with E-state index < -0.39 is 0 Å². The third kappa shape index (κ3) is 2.76. The van der Waals surface area contributed by atoms with Crippen molar-refractivity contribution >= 4 is 5.91 Å². The van der Waals surface area contributed by atoms with Gasteiger partial charge in [0.25, 0.3) is 5.91 Å². The SMILES string of the molecule is CCN(C)C1CN(C(=O)c2ccncc2)C2(CCCCC2)C1. The maximum Gasteiger partial charge on any atom is 0.254 e. The number of likely N-dealkylation sites (N-methyl/N-ethyl adjacent to an activating group) is 1. The third-order valence-electron chi connectivity index (χ3n) is 5.66. The van der Waals surface area contributed by atoms with Crippen molar-refractivity contribution in [1.82, 2.24) is 14.8 Å². The monoisotopic (exact) mass is 301 g/mol. The van der Waals surface area contributed by atoms with E-state index in [-0.39, 0.29) is 11.4 Å². The van der Waals surface area contributed by atoms with Gasteiger partial charge >= 0.3 is 0 Å². The lowest BCUT2D eigenvalue weighted by Crippen LogP contribution is -2.48. The van der Waals surface area contributed by atoms with Gasteiger partial charge in [0.15, 0.2) is 0 Å². The van der Waals surface area contributed by atoms with Crippen LogP contribution in [0.1, 0.15) is 55.8 Å². The van der Waals surface area contributed by atoms with Gasteiger partial charge in [-0.15, -0.1) is 0 Å². The lowest BCUT2D eigenvalue weighted by atomic mass is 9.79. The van der Waals surface area contributed by atoms with Crippen LogP contribution in [0.5, 0.6) is 0 Å². The molecule has 1 aromatic rings. The zero-order valence-electron chi connectivity index (χ0n) is 13.8. The lowest BCUT2D eigenvalue weighted by molar-refractivity contribution is 0.0499. The van der Waals surface area contributed by atoms with Gasteiger partial charge < -0.3 is 9.80 Å². The van der Waals surface area contributed by atoms with Crippen LogP contribution in [-0.2, 0) is 0 Å². The van der Waals surface area contributed by atoms with Crippen molar-refractivity contribution < 1.29 is 4.79 Å². The Morgan fingerprint density at radius 1 is 1.32 bits per heavy atom. The molecule has 1 unspecified atom stereocenters. The van der Waals surface area contributed by atoms with Gasteiger partial charge in [0.1, 0.15) is 0 Å². The molecule has 1 aromatic heterocycles. The van der Waals surface area contributed by atoms with Crippen molar-refractivity contribution in [2.24, 2.45) is 0 Å². The zero-order chi connectivity index (χ0) is 15.6. The number of aromatic nitrogens is 1. The van der Waals surface area contributed by atoms with E-state index in [1.807, 2.05) is 12.1 Å². The van der Waals surface area contributed by atoms with Crippen LogP contribution < -0.4 is 0 Å². The molecule has 120 valence electrons. The first-order valence-electron chi connectivity index (χ1n) is 8.58. The molecule has 1 saturated heterocycles. The van der Waals surface area contributed by atoms with E-state index in [0.29, 0.717) is 6.04 Å². The molecule has 4 heteroatoms. The standard InChI is InChI=1S/C18H27N3O/c1-3-20(2)16-13-18(9-5-4-6-10-18)21(14-16)17(22)15-7-11-19-12-8-15/h7-8,11-12,16H,3-6,9-10,13-14H2,1-2H3. The molecule has 1 amide bonds. The molecule has 1 aliphatic carbocycles. The highest BCUT2D eigenvalue weighted by atomic mass is 16.2. The predicted octanol–water partition coefficient (Wildman–Crippen LogP) is 2.95. The minimum absolute atomic E-state index is 0.0900. The van der Waals surface area contributed by atoms with E-state index in [9.17, 15) is 4.79 Å². The minimum Gasteiger partial charge on any atom is -0.331 e. The number of pyridine rings is 1. The highest BCUT2D eigenvalue weighted by Crippen LogP contribution is 2.43. The van der Waals surface area contributed by atoms with Gasteiger partial charge in [-0.2, -0.15) is 0 Å². The molecule has 0 bridgehead atoms. The van der Waals surface area contributed by atoms with Crippen LogP contribution in [0.25, 0.3) is 0 Å². The molecule has 0 N–H and O–H groups in total. The summed E-state index contributed by atoms with van der Waals surface area (Å²) in [6.07, 6.45) is 10.7. The molecule has 2 aliphatic rings. The molecule has 4 nitrogen and oxygen atoms in total. The molecule has 2 heterocycles. The molecule has 1 aliphatic heterocycles. The molecule has 0 aromatic carbocycles. The van der Waals surface area contributed by atoms with Crippen LogP contribution in [0.3, 0.4) is 0 Å². The van der Waals surface area contributed by atoms with E-state index in [0.717, 1.165) is 37.9 Å². The van der Waals surface area contributed by atoms with Crippen molar-refractivity contribution in [2.45, 2.75) is 57.0 Å². The van der Waals surface area contributed by atoms with E-state index in [1.165, 1.54) is 19.3 Å².